The van der Waals surface area contributed by atoms with Crippen LogP contribution in [0.5, 0.6) is 5.75 Å². The van der Waals surface area contributed by atoms with Crippen LogP contribution in [0.15, 0.2) is 24.3 Å². The number of aliphatic carboxylic acids is 1. The van der Waals surface area contributed by atoms with Crippen LogP contribution in [0.25, 0.3) is 10.9 Å². The number of aromatic nitrogens is 1. The van der Waals surface area contributed by atoms with Crippen LogP contribution in [-0.4, -0.2) is 20.7 Å². The molecule has 2 rings (SSSR count). The lowest BCUT2D eigenvalue weighted by Crippen LogP contribution is -2.27. The second-order valence-corrected chi connectivity index (χ2v) is 6.21. The molecule has 1 aromatic carbocycles. The van der Waals surface area contributed by atoms with Crippen molar-refractivity contribution in [2.24, 2.45) is 5.41 Å². The first-order valence-electron chi connectivity index (χ1n) is 6.78. The molecule has 0 saturated heterocycles. The van der Waals surface area contributed by atoms with E-state index >= 15 is 0 Å². The van der Waals surface area contributed by atoms with Gasteiger partial charge in [0.1, 0.15) is 5.75 Å². The van der Waals surface area contributed by atoms with E-state index in [4.69, 9.17) is 0 Å². The Bertz CT molecular complexity index is 653. The minimum Gasteiger partial charge on any atom is -0.508 e. The molecule has 0 aliphatic rings. The molecule has 4 heteroatoms. The molecular formula is C16H21NO3. The number of nitrogens with zero attached hydrogens (tertiary/aromatic N) is 1. The van der Waals surface area contributed by atoms with Crippen LogP contribution in [0.4, 0.5) is 0 Å². The maximum absolute atomic E-state index is 11.3. The molecule has 0 radical (unpaired) electrons. The molecule has 0 amide bonds. The van der Waals surface area contributed by atoms with Gasteiger partial charge in [0.25, 0.3) is 0 Å². The van der Waals surface area contributed by atoms with Crippen molar-refractivity contribution < 1.29 is 15.0 Å². The first-order chi connectivity index (χ1) is 9.22. The summed E-state index contributed by atoms with van der Waals surface area (Å²) < 4.78 is 2.14. The van der Waals surface area contributed by atoms with Crippen LogP contribution in [0.2, 0.25) is 0 Å². The van der Waals surface area contributed by atoms with Crippen molar-refractivity contribution in [3.63, 3.8) is 0 Å². The number of fused-ring (bicyclic) bond motifs is 1. The third-order valence-electron chi connectivity index (χ3n) is 3.62. The van der Waals surface area contributed by atoms with E-state index in [0.717, 1.165) is 16.6 Å². The van der Waals surface area contributed by atoms with Gasteiger partial charge in [-0.25, -0.2) is 0 Å². The van der Waals surface area contributed by atoms with Crippen LogP contribution in [0.3, 0.4) is 0 Å². The number of hydrogen-bond donors (Lipinski definition) is 2. The van der Waals surface area contributed by atoms with Crippen LogP contribution in [-0.2, 0) is 11.2 Å². The number of carboxylic acids is 1. The molecule has 20 heavy (non-hydrogen) atoms. The van der Waals surface area contributed by atoms with Gasteiger partial charge in [0.2, 0.25) is 0 Å². The van der Waals surface area contributed by atoms with Crippen molar-refractivity contribution in [3.8, 4) is 5.75 Å². The maximum atomic E-state index is 11.3. The van der Waals surface area contributed by atoms with Gasteiger partial charge in [-0.15, -0.1) is 0 Å². The summed E-state index contributed by atoms with van der Waals surface area (Å²) in [4.78, 5) is 11.3. The number of phenols is 1. The summed E-state index contributed by atoms with van der Waals surface area (Å²) in [7, 11) is 0. The highest BCUT2D eigenvalue weighted by atomic mass is 16.4. The minimum absolute atomic E-state index is 0.224. The molecule has 0 unspecified atom stereocenters. The summed E-state index contributed by atoms with van der Waals surface area (Å²) in [6, 6.07) is 7.46. The number of benzene rings is 1. The van der Waals surface area contributed by atoms with Crippen molar-refractivity contribution >= 4 is 16.9 Å². The molecule has 108 valence electrons. The lowest BCUT2D eigenvalue weighted by molar-refractivity contribution is -0.146. The van der Waals surface area contributed by atoms with Crippen LogP contribution >= 0.6 is 0 Å². The van der Waals surface area contributed by atoms with Gasteiger partial charge in [-0.1, -0.05) is 0 Å². The Hall–Kier alpha value is -1.97. The average molecular weight is 275 g/mol. The van der Waals surface area contributed by atoms with Crippen LogP contribution in [0, 0.1) is 5.41 Å². The average Bonchev–Trinajstić information content (AvgIpc) is 2.64. The third kappa shape index (κ3) is 2.50. The minimum atomic E-state index is -0.816. The van der Waals surface area contributed by atoms with E-state index in [1.807, 2.05) is 12.1 Å². The molecule has 0 saturated carbocycles. The molecule has 2 N–H and O–H groups in total. The van der Waals surface area contributed by atoms with E-state index in [0.29, 0.717) is 6.42 Å². The zero-order valence-corrected chi connectivity index (χ0v) is 12.3. The SMILES string of the molecule is CC(C)n1c(CC(C)(C)C(=O)O)cc2cc(O)ccc21. The number of hydrogen-bond acceptors (Lipinski definition) is 2. The van der Waals surface area contributed by atoms with Gasteiger partial charge in [-0.3, -0.25) is 4.79 Å². The predicted molar refractivity (Wildman–Crippen MR) is 79.1 cm³/mol. The Labute approximate surface area is 118 Å². The summed E-state index contributed by atoms with van der Waals surface area (Å²) in [5.74, 6) is -0.580. The molecule has 0 atom stereocenters. The number of rotatable bonds is 4. The van der Waals surface area contributed by atoms with Gasteiger partial charge in [-0.2, -0.15) is 0 Å². The van der Waals surface area contributed by atoms with Crippen molar-refractivity contribution in [1.82, 2.24) is 4.57 Å². The standard InChI is InChI=1S/C16H21NO3/c1-10(2)17-12(9-16(3,4)15(19)20)7-11-8-13(18)5-6-14(11)17/h5-8,10,18H,9H2,1-4H3,(H,19,20). The topological polar surface area (TPSA) is 62.5 Å². The molecule has 0 aliphatic carbocycles. The quantitative estimate of drug-likeness (QED) is 0.896. The normalized spacial score (nSPS) is 12.2. The van der Waals surface area contributed by atoms with Gasteiger partial charge in [-0.05, 0) is 52.0 Å². The largest absolute Gasteiger partial charge is 0.508 e. The Kier molecular flexibility index (Phi) is 3.50. The van der Waals surface area contributed by atoms with Crippen molar-refractivity contribution in [2.45, 2.75) is 40.2 Å². The zero-order chi connectivity index (χ0) is 15.1. The molecular weight excluding hydrogens is 254 g/mol. The van der Waals surface area contributed by atoms with E-state index in [-0.39, 0.29) is 11.8 Å². The van der Waals surface area contributed by atoms with E-state index in [2.05, 4.69) is 18.4 Å². The van der Waals surface area contributed by atoms with E-state index < -0.39 is 11.4 Å². The lowest BCUT2D eigenvalue weighted by Gasteiger charge is -2.22. The van der Waals surface area contributed by atoms with Gasteiger partial charge in [0.15, 0.2) is 0 Å². The summed E-state index contributed by atoms with van der Waals surface area (Å²) >= 11 is 0. The monoisotopic (exact) mass is 275 g/mol. The van der Waals surface area contributed by atoms with Crippen LogP contribution in [0.1, 0.15) is 39.4 Å². The maximum Gasteiger partial charge on any atom is 0.309 e. The van der Waals surface area contributed by atoms with Crippen molar-refractivity contribution in [3.05, 3.63) is 30.0 Å². The van der Waals surface area contributed by atoms with E-state index in [1.165, 1.54) is 0 Å². The number of carbonyl (C=O) groups is 1. The predicted octanol–water partition coefficient (Wildman–Crippen LogP) is 3.58. The summed E-state index contributed by atoms with van der Waals surface area (Å²) in [5.41, 5.74) is 1.19. The molecule has 1 heterocycles. The first kappa shape index (κ1) is 14.4. The number of phenolic OH excluding ortho intramolecular Hbond substituents is 1. The van der Waals surface area contributed by atoms with Crippen LogP contribution < -0.4 is 0 Å². The van der Waals surface area contributed by atoms with Gasteiger partial charge < -0.3 is 14.8 Å². The summed E-state index contributed by atoms with van der Waals surface area (Å²) in [6.07, 6.45) is 0.454. The van der Waals surface area contributed by atoms with E-state index in [1.54, 1.807) is 26.0 Å². The Morgan fingerprint density at radius 2 is 1.95 bits per heavy atom. The van der Waals surface area contributed by atoms with Crippen molar-refractivity contribution in [1.29, 1.82) is 0 Å². The fourth-order valence-corrected chi connectivity index (χ4v) is 2.56. The molecule has 0 aliphatic heterocycles. The van der Waals surface area contributed by atoms with E-state index in [9.17, 15) is 15.0 Å². The smallest absolute Gasteiger partial charge is 0.309 e. The highest BCUT2D eigenvalue weighted by Gasteiger charge is 2.29. The molecule has 0 bridgehead atoms. The van der Waals surface area contributed by atoms with Gasteiger partial charge >= 0.3 is 5.97 Å². The summed E-state index contributed by atoms with van der Waals surface area (Å²) in [5, 5.41) is 19.8. The lowest BCUT2D eigenvalue weighted by atomic mass is 9.88. The highest BCUT2D eigenvalue weighted by molar-refractivity contribution is 5.83. The molecule has 2 aromatic rings. The Balaban J connectivity index is 2.58. The zero-order valence-electron chi connectivity index (χ0n) is 12.3. The third-order valence-corrected chi connectivity index (χ3v) is 3.62. The highest BCUT2D eigenvalue weighted by Crippen LogP contribution is 2.31. The fourth-order valence-electron chi connectivity index (χ4n) is 2.56. The second kappa shape index (κ2) is 4.85. The number of aromatic hydroxyl groups is 1. The summed E-state index contributed by atoms with van der Waals surface area (Å²) in [6.45, 7) is 7.61. The van der Waals surface area contributed by atoms with Gasteiger partial charge in [0.05, 0.1) is 5.41 Å². The Morgan fingerprint density at radius 3 is 2.50 bits per heavy atom. The molecule has 4 nitrogen and oxygen atoms in total. The fraction of sp³-hybridized carbons (Fsp3) is 0.438. The second-order valence-electron chi connectivity index (χ2n) is 6.21. The first-order valence-corrected chi connectivity index (χ1v) is 6.78. The number of carboxylic acid groups (broad SMARTS) is 1. The van der Waals surface area contributed by atoms with Gasteiger partial charge in [0, 0.05) is 29.1 Å². The van der Waals surface area contributed by atoms with Crippen molar-refractivity contribution in [2.75, 3.05) is 0 Å². The Morgan fingerprint density at radius 1 is 1.30 bits per heavy atom. The molecule has 0 fully saturated rings. The molecule has 1 aromatic heterocycles. The molecule has 0 spiro atoms.